The molecule has 0 aliphatic carbocycles. The summed E-state index contributed by atoms with van der Waals surface area (Å²) in [7, 11) is 0. The number of hydrogen-bond acceptors (Lipinski definition) is 5. The quantitative estimate of drug-likeness (QED) is 0.681. The van der Waals surface area contributed by atoms with Crippen molar-refractivity contribution < 1.29 is 19.4 Å². The summed E-state index contributed by atoms with van der Waals surface area (Å²) < 4.78 is 5.72. The van der Waals surface area contributed by atoms with Crippen molar-refractivity contribution in [1.82, 2.24) is 9.80 Å². The van der Waals surface area contributed by atoms with E-state index in [1.54, 1.807) is 6.92 Å². The fraction of sp³-hybridized carbons (Fsp3) is 0.600. The molecule has 0 saturated carbocycles. The van der Waals surface area contributed by atoms with Gasteiger partial charge in [-0.1, -0.05) is 6.92 Å². The minimum atomic E-state index is -0.767. The number of likely N-dealkylation sites (N-methyl/N-ethyl adjacent to an activating group) is 1. The van der Waals surface area contributed by atoms with Crippen LogP contribution in [0.2, 0.25) is 0 Å². The van der Waals surface area contributed by atoms with Gasteiger partial charge in [-0.25, -0.2) is 0 Å². The lowest BCUT2D eigenvalue weighted by Gasteiger charge is -2.37. The molecule has 0 radical (unpaired) electrons. The smallest absolute Gasteiger partial charge is 0.317 e. The van der Waals surface area contributed by atoms with E-state index < -0.39 is 5.97 Å². The van der Waals surface area contributed by atoms with Crippen molar-refractivity contribution in [2.45, 2.75) is 46.2 Å². The average Bonchev–Trinajstić information content (AvgIpc) is 2.61. The lowest BCUT2D eigenvalue weighted by atomic mass is 10.0. The summed E-state index contributed by atoms with van der Waals surface area (Å²) >= 11 is 0. The Bertz CT molecular complexity index is 624. The molecule has 0 aromatic heterocycles. The second kappa shape index (κ2) is 9.69. The molecule has 1 aromatic rings. The summed E-state index contributed by atoms with van der Waals surface area (Å²) in [6.07, 6.45) is 1.91. The van der Waals surface area contributed by atoms with Gasteiger partial charge in [0.25, 0.3) is 0 Å². The maximum absolute atomic E-state index is 11.7. The van der Waals surface area contributed by atoms with E-state index in [1.165, 1.54) is 0 Å². The molecule has 0 spiro atoms. The molecule has 2 rings (SSSR count). The first kappa shape index (κ1) is 20.4. The van der Waals surface area contributed by atoms with Crippen LogP contribution in [0.25, 0.3) is 0 Å². The van der Waals surface area contributed by atoms with Gasteiger partial charge < -0.3 is 9.84 Å². The van der Waals surface area contributed by atoms with E-state index in [0.717, 1.165) is 50.3 Å². The first-order valence-corrected chi connectivity index (χ1v) is 9.39. The summed E-state index contributed by atoms with van der Waals surface area (Å²) in [6.45, 7) is 9.57. The van der Waals surface area contributed by atoms with Gasteiger partial charge in [0.05, 0.1) is 13.2 Å². The Labute approximate surface area is 155 Å². The number of Topliss-reactive ketones (excluding diaryl/α,β-unsaturated/α-hetero) is 1. The number of aliphatic carboxylic acids is 1. The number of benzene rings is 1. The molecule has 1 aromatic carbocycles. The van der Waals surface area contributed by atoms with Crippen LogP contribution in [0, 0.1) is 0 Å². The Hall–Kier alpha value is -1.92. The molecule has 0 unspecified atom stereocenters. The van der Waals surface area contributed by atoms with Gasteiger partial charge in [-0.3, -0.25) is 19.4 Å². The van der Waals surface area contributed by atoms with Crippen molar-refractivity contribution in [3.63, 3.8) is 0 Å². The van der Waals surface area contributed by atoms with Gasteiger partial charge in [-0.05, 0) is 64.5 Å². The Morgan fingerprint density at radius 3 is 2.50 bits per heavy atom. The van der Waals surface area contributed by atoms with Gasteiger partial charge in [0, 0.05) is 23.7 Å². The second-order valence-electron chi connectivity index (χ2n) is 6.78. The van der Waals surface area contributed by atoms with Crippen LogP contribution in [-0.4, -0.2) is 65.5 Å². The summed E-state index contributed by atoms with van der Waals surface area (Å²) in [6, 6.07) is 5.95. The SMILES string of the molecule is CCOc1ccc(C(C)=O)cc1CN1CCC(N(CC)CC(=O)O)CC1. The van der Waals surface area contributed by atoms with Crippen molar-refractivity contribution in [3.05, 3.63) is 29.3 Å². The monoisotopic (exact) mass is 362 g/mol. The first-order valence-electron chi connectivity index (χ1n) is 9.39. The summed E-state index contributed by atoms with van der Waals surface area (Å²) in [5.41, 5.74) is 1.74. The Balaban J connectivity index is 2.01. The third kappa shape index (κ3) is 5.54. The van der Waals surface area contributed by atoms with Crippen LogP contribution in [0.5, 0.6) is 5.75 Å². The Morgan fingerprint density at radius 2 is 1.96 bits per heavy atom. The third-order valence-electron chi connectivity index (χ3n) is 4.98. The maximum Gasteiger partial charge on any atom is 0.317 e. The average molecular weight is 362 g/mol. The fourth-order valence-electron chi connectivity index (χ4n) is 3.57. The molecule has 0 atom stereocenters. The summed E-state index contributed by atoms with van der Waals surface area (Å²) in [5.74, 6) is 0.123. The highest BCUT2D eigenvalue weighted by Gasteiger charge is 2.25. The molecule has 6 heteroatoms. The van der Waals surface area contributed by atoms with Gasteiger partial charge in [0.15, 0.2) is 5.78 Å². The number of ketones is 1. The molecular weight excluding hydrogens is 332 g/mol. The Kier molecular flexibility index (Phi) is 7.60. The predicted molar refractivity (Wildman–Crippen MR) is 101 cm³/mol. The molecule has 6 nitrogen and oxygen atoms in total. The fourth-order valence-corrected chi connectivity index (χ4v) is 3.57. The molecule has 1 aliphatic heterocycles. The molecule has 1 saturated heterocycles. The van der Waals surface area contributed by atoms with Crippen molar-refractivity contribution in [2.24, 2.45) is 0 Å². The van der Waals surface area contributed by atoms with E-state index in [9.17, 15) is 9.59 Å². The standard InChI is InChI=1S/C20H30N2O4/c1-4-22(14-20(24)25)18-8-10-21(11-9-18)13-17-12-16(15(3)23)6-7-19(17)26-5-2/h6-7,12,18H,4-5,8-11,13-14H2,1-3H3,(H,24,25). The lowest BCUT2D eigenvalue weighted by Crippen LogP contribution is -2.46. The highest BCUT2D eigenvalue weighted by atomic mass is 16.5. The number of carboxylic acids is 1. The highest BCUT2D eigenvalue weighted by molar-refractivity contribution is 5.94. The van der Waals surface area contributed by atoms with Gasteiger partial charge in [-0.2, -0.15) is 0 Å². The molecule has 0 bridgehead atoms. The molecule has 1 aliphatic rings. The Morgan fingerprint density at radius 1 is 1.27 bits per heavy atom. The summed E-state index contributed by atoms with van der Waals surface area (Å²) in [4.78, 5) is 27.1. The van der Waals surface area contributed by atoms with E-state index in [1.807, 2.05) is 36.9 Å². The minimum Gasteiger partial charge on any atom is -0.494 e. The van der Waals surface area contributed by atoms with Gasteiger partial charge in [0.2, 0.25) is 0 Å². The topological polar surface area (TPSA) is 70.1 Å². The van der Waals surface area contributed by atoms with Crippen LogP contribution in [0.1, 0.15) is 49.5 Å². The van der Waals surface area contributed by atoms with Gasteiger partial charge >= 0.3 is 5.97 Å². The number of ether oxygens (including phenoxy) is 1. The van der Waals surface area contributed by atoms with Crippen molar-refractivity contribution in [1.29, 1.82) is 0 Å². The molecule has 26 heavy (non-hydrogen) atoms. The van der Waals surface area contributed by atoms with E-state index in [2.05, 4.69) is 4.90 Å². The first-order chi connectivity index (χ1) is 12.4. The zero-order valence-corrected chi connectivity index (χ0v) is 16.0. The normalized spacial score (nSPS) is 16.0. The number of nitrogens with zero attached hydrogens (tertiary/aromatic N) is 2. The second-order valence-corrected chi connectivity index (χ2v) is 6.78. The number of rotatable bonds is 9. The zero-order chi connectivity index (χ0) is 19.1. The van der Waals surface area contributed by atoms with Crippen molar-refractivity contribution in [2.75, 3.05) is 32.8 Å². The lowest BCUT2D eigenvalue weighted by molar-refractivity contribution is -0.139. The number of carbonyl (C=O) groups excluding carboxylic acids is 1. The maximum atomic E-state index is 11.7. The van der Waals surface area contributed by atoms with Gasteiger partial charge in [-0.15, -0.1) is 0 Å². The summed E-state index contributed by atoms with van der Waals surface area (Å²) in [5, 5.41) is 9.05. The predicted octanol–water partition coefficient (Wildman–Crippen LogP) is 2.66. The number of carbonyl (C=O) groups is 2. The largest absolute Gasteiger partial charge is 0.494 e. The van der Waals surface area contributed by atoms with Crippen LogP contribution in [0.15, 0.2) is 18.2 Å². The number of hydrogen-bond donors (Lipinski definition) is 1. The van der Waals surface area contributed by atoms with Crippen molar-refractivity contribution in [3.8, 4) is 5.75 Å². The molecule has 1 fully saturated rings. The van der Waals surface area contributed by atoms with Crippen LogP contribution in [-0.2, 0) is 11.3 Å². The molecule has 1 N–H and O–H groups in total. The molecule has 144 valence electrons. The molecular formula is C20H30N2O4. The van der Waals surface area contributed by atoms with Crippen molar-refractivity contribution >= 4 is 11.8 Å². The van der Waals surface area contributed by atoms with Crippen LogP contribution in [0.3, 0.4) is 0 Å². The minimum absolute atomic E-state index is 0.0558. The van der Waals surface area contributed by atoms with E-state index in [-0.39, 0.29) is 12.3 Å². The number of likely N-dealkylation sites (tertiary alicyclic amines) is 1. The molecule has 0 amide bonds. The number of carboxylic acid groups (broad SMARTS) is 1. The zero-order valence-electron chi connectivity index (χ0n) is 16.0. The third-order valence-corrected chi connectivity index (χ3v) is 4.98. The number of piperidine rings is 1. The van der Waals surface area contributed by atoms with E-state index >= 15 is 0 Å². The van der Waals surface area contributed by atoms with E-state index in [4.69, 9.17) is 9.84 Å². The van der Waals surface area contributed by atoms with Crippen LogP contribution in [0.4, 0.5) is 0 Å². The van der Waals surface area contributed by atoms with Crippen LogP contribution < -0.4 is 4.74 Å². The van der Waals surface area contributed by atoms with Gasteiger partial charge in [0.1, 0.15) is 5.75 Å². The van der Waals surface area contributed by atoms with E-state index in [0.29, 0.717) is 18.2 Å². The van der Waals surface area contributed by atoms with Crippen LogP contribution >= 0.6 is 0 Å². The molecule has 1 heterocycles. The highest BCUT2D eigenvalue weighted by Crippen LogP contribution is 2.25.